The minimum Gasteiger partial charge on any atom is -0.379 e. The van der Waals surface area contributed by atoms with Crippen LogP contribution in [-0.2, 0) is 44.7 Å². The van der Waals surface area contributed by atoms with Gasteiger partial charge in [0.1, 0.15) is 42.4 Å². The third kappa shape index (κ3) is 14.7. The predicted octanol–water partition coefficient (Wildman–Crippen LogP) is 5.29. The van der Waals surface area contributed by atoms with Gasteiger partial charge in [-0.05, 0) is 87.1 Å². The molecule has 0 spiro atoms. The Balaban J connectivity index is 1.30. The molecule has 1 aliphatic carbocycles. The SMILES string of the molecule is CC[C@H]1NC(=O)[C@H](Cc2cc(Cl)ccc2-c2cncs2)N(C)C(=O)[C@H](CC(C)C)NC(=O)[C@@H](N(C)C(=O)[C@H](CCCCN2CCOCC2)NC(=O)[C@@H]2C[C@@H](F)CN2C(=O)C2(C(F)(F)F)CC(F)(F)C2)CCCCNC1=O. The highest BCUT2D eigenvalue weighted by Crippen LogP contribution is 2.61. The molecule has 3 saturated heterocycles. The number of thiazole rings is 1. The maximum atomic E-state index is 15.1. The standard InChI is InChI=1S/C51H70ClF6N9O8S/c1-6-35-42(68)60-15-9-7-12-38(43(69)63-37(21-30(2)3)47(73)65(5)39(44(70)61-35)23-31-22-32(52)13-14-34(31)41-25-59-29-76-41)64(4)46(72)36(11-8-10-16-66-17-19-75-20-18-66)62-45(71)40-24-33(53)26-67(40)48(74)49(51(56,57)58)27-50(54,55)28-49/h13-14,22,25,29-30,33,35-40H,6-12,15-21,23-24,26-28H2,1-5H3,(H,60,68)(H,61,70)(H,62,71)(H,63,69)/t33-,35-,36+,37+,38+,39+,40+/m1/s1. The Bertz CT molecular complexity index is 2370. The van der Waals surface area contributed by atoms with E-state index in [2.05, 4.69) is 31.2 Å². The average Bonchev–Trinajstić information content (AvgIpc) is 4.04. The summed E-state index contributed by atoms with van der Waals surface area (Å²) in [5.41, 5.74) is -0.582. The van der Waals surface area contributed by atoms with Crippen LogP contribution in [-0.4, -0.2) is 180 Å². The highest BCUT2D eigenvalue weighted by atomic mass is 35.5. The zero-order chi connectivity index (χ0) is 55.7. The van der Waals surface area contributed by atoms with E-state index < -0.39 is 127 Å². The van der Waals surface area contributed by atoms with Crippen LogP contribution in [0.3, 0.4) is 0 Å². The number of alkyl halides is 6. The molecule has 1 aromatic heterocycles. The van der Waals surface area contributed by atoms with E-state index in [0.717, 1.165) is 9.78 Å². The Labute approximate surface area is 447 Å². The van der Waals surface area contributed by atoms with Crippen molar-refractivity contribution in [3.05, 3.63) is 40.5 Å². The van der Waals surface area contributed by atoms with Gasteiger partial charge in [-0.3, -0.25) is 43.4 Å². The van der Waals surface area contributed by atoms with Gasteiger partial charge < -0.3 is 40.7 Å². The summed E-state index contributed by atoms with van der Waals surface area (Å²) in [6, 6.07) is -3.06. The quantitative estimate of drug-likeness (QED) is 0.126. The number of morpholine rings is 1. The summed E-state index contributed by atoms with van der Waals surface area (Å²) in [6.07, 6.45) is -8.79. The number of unbranched alkanes of at least 4 members (excludes halogenated alkanes) is 1. The summed E-state index contributed by atoms with van der Waals surface area (Å²) in [7, 11) is 2.73. The monoisotopic (exact) mass is 1120 g/mol. The normalized spacial score (nSPS) is 25.5. The van der Waals surface area contributed by atoms with Gasteiger partial charge >= 0.3 is 6.18 Å². The molecule has 7 amide bonds. The van der Waals surface area contributed by atoms with Gasteiger partial charge in [0.05, 0.1) is 30.1 Å². The van der Waals surface area contributed by atoms with Crippen molar-refractivity contribution in [3.63, 3.8) is 0 Å². The largest absolute Gasteiger partial charge is 0.403 e. The first-order valence-electron chi connectivity index (χ1n) is 26.0. The van der Waals surface area contributed by atoms with Crippen molar-refractivity contribution in [2.45, 2.75) is 152 Å². The van der Waals surface area contributed by atoms with Gasteiger partial charge in [0, 0.05) is 70.6 Å². The van der Waals surface area contributed by atoms with E-state index in [0.29, 0.717) is 73.2 Å². The van der Waals surface area contributed by atoms with E-state index >= 15 is 4.39 Å². The fraction of sp³-hybridized carbons (Fsp3) is 0.686. The molecule has 0 unspecified atom stereocenters. The van der Waals surface area contributed by atoms with E-state index in [4.69, 9.17) is 16.3 Å². The summed E-state index contributed by atoms with van der Waals surface area (Å²) in [4.78, 5) is 110. The fourth-order valence-corrected chi connectivity index (χ4v) is 11.4. The summed E-state index contributed by atoms with van der Waals surface area (Å²) >= 11 is 7.85. The van der Waals surface area contributed by atoms with E-state index in [-0.39, 0.29) is 51.0 Å². The number of nitrogens with one attached hydrogen (secondary N) is 4. The first kappa shape index (κ1) is 60.2. The second kappa shape index (κ2) is 26.1. The van der Waals surface area contributed by atoms with Gasteiger partial charge in [-0.25, -0.2) is 13.2 Å². The lowest BCUT2D eigenvalue weighted by molar-refractivity contribution is -0.299. The molecule has 1 saturated carbocycles. The molecule has 0 bridgehead atoms. The maximum absolute atomic E-state index is 15.1. The first-order valence-corrected chi connectivity index (χ1v) is 27.2. The molecule has 2 aromatic rings. The third-order valence-electron chi connectivity index (χ3n) is 14.8. The van der Waals surface area contributed by atoms with Crippen LogP contribution in [0.2, 0.25) is 5.02 Å². The number of halogens is 7. The van der Waals surface area contributed by atoms with Gasteiger partial charge in [-0.1, -0.05) is 38.4 Å². The van der Waals surface area contributed by atoms with Crippen molar-refractivity contribution in [1.29, 1.82) is 0 Å². The zero-order valence-corrected chi connectivity index (χ0v) is 45.1. The third-order valence-corrected chi connectivity index (χ3v) is 15.8. The molecule has 4 heterocycles. The second-order valence-electron chi connectivity index (χ2n) is 20.9. The van der Waals surface area contributed by atoms with E-state index in [9.17, 15) is 55.5 Å². The Morgan fingerprint density at radius 3 is 2.34 bits per heavy atom. The van der Waals surface area contributed by atoms with Gasteiger partial charge in [0.2, 0.25) is 41.4 Å². The van der Waals surface area contributed by atoms with Crippen molar-refractivity contribution in [2.24, 2.45) is 11.3 Å². The Hall–Kier alpha value is -5.07. The van der Waals surface area contributed by atoms with Crippen LogP contribution in [0.4, 0.5) is 26.3 Å². The number of likely N-dealkylation sites (N-methyl/N-ethyl adjacent to an activating group) is 2. The highest BCUT2D eigenvalue weighted by molar-refractivity contribution is 7.13. The first-order chi connectivity index (χ1) is 35.9. The molecule has 17 nitrogen and oxygen atoms in total. The fourth-order valence-electron chi connectivity index (χ4n) is 10.5. The molecular formula is C51H70ClF6N9O8S. The molecule has 3 aliphatic heterocycles. The van der Waals surface area contributed by atoms with Crippen LogP contribution in [0.1, 0.15) is 97.0 Å². The number of likely N-dealkylation sites (tertiary alicyclic amines) is 1. The Kier molecular flexibility index (Phi) is 20.6. The number of carbonyl (C=O) groups excluding carboxylic acids is 7. The van der Waals surface area contributed by atoms with Crippen molar-refractivity contribution in [2.75, 3.05) is 60.0 Å². The number of hydrogen-bond donors (Lipinski definition) is 4. The maximum Gasteiger partial charge on any atom is 0.403 e. The molecule has 0 radical (unpaired) electrons. The lowest BCUT2D eigenvalue weighted by Gasteiger charge is -2.48. The van der Waals surface area contributed by atoms with Crippen LogP contribution >= 0.6 is 22.9 Å². The van der Waals surface area contributed by atoms with E-state index in [1.165, 1.54) is 30.3 Å². The van der Waals surface area contributed by atoms with Gasteiger partial charge in [-0.2, -0.15) is 13.2 Å². The molecular weight excluding hydrogens is 1050 g/mol. The van der Waals surface area contributed by atoms with Gasteiger partial charge in [-0.15, -0.1) is 11.3 Å². The summed E-state index contributed by atoms with van der Waals surface area (Å²) in [5.74, 6) is -10.4. The van der Waals surface area contributed by atoms with Crippen LogP contribution in [0.25, 0.3) is 10.4 Å². The second-order valence-corrected chi connectivity index (χ2v) is 22.2. The van der Waals surface area contributed by atoms with Crippen molar-refractivity contribution < 1.29 is 64.6 Å². The summed E-state index contributed by atoms with van der Waals surface area (Å²) < 4.78 is 91.9. The molecule has 6 rings (SSSR count). The molecule has 422 valence electrons. The van der Waals surface area contributed by atoms with E-state index in [1.807, 2.05) is 13.8 Å². The molecule has 4 fully saturated rings. The summed E-state index contributed by atoms with van der Waals surface area (Å²) in [6.45, 7) is 7.45. The van der Waals surface area contributed by atoms with Crippen molar-refractivity contribution in [3.8, 4) is 10.4 Å². The number of carbonyl (C=O) groups is 7. The topological polar surface area (TPSA) is 203 Å². The predicted molar refractivity (Wildman–Crippen MR) is 271 cm³/mol. The molecule has 76 heavy (non-hydrogen) atoms. The number of ether oxygens (including phenoxy) is 1. The van der Waals surface area contributed by atoms with E-state index in [1.54, 1.807) is 36.8 Å². The molecule has 1 aromatic carbocycles. The molecule has 4 aliphatic rings. The van der Waals surface area contributed by atoms with Crippen LogP contribution in [0.5, 0.6) is 0 Å². The lowest BCUT2D eigenvalue weighted by atomic mass is 9.64. The molecule has 7 atom stereocenters. The number of rotatable bonds is 16. The van der Waals surface area contributed by atoms with Crippen LogP contribution < -0.4 is 21.3 Å². The lowest BCUT2D eigenvalue weighted by Crippen LogP contribution is -2.65. The minimum atomic E-state index is -5.44. The van der Waals surface area contributed by atoms with Crippen molar-refractivity contribution >= 4 is 64.3 Å². The van der Waals surface area contributed by atoms with Crippen LogP contribution in [0.15, 0.2) is 29.9 Å². The highest BCUT2D eigenvalue weighted by Gasteiger charge is 2.75. The number of nitrogens with zero attached hydrogens (tertiary/aromatic N) is 5. The molecule has 4 N–H and O–H groups in total. The Morgan fingerprint density at radius 2 is 1.71 bits per heavy atom. The minimum absolute atomic E-state index is 0.0235. The number of aromatic nitrogens is 1. The molecule has 25 heteroatoms. The zero-order valence-electron chi connectivity index (χ0n) is 43.5. The summed E-state index contributed by atoms with van der Waals surface area (Å²) in [5, 5.41) is 11.4. The smallest absolute Gasteiger partial charge is 0.379 e. The number of hydrogen-bond acceptors (Lipinski definition) is 11. The number of benzene rings is 1. The van der Waals surface area contributed by atoms with Gasteiger partial charge in [0.25, 0.3) is 5.92 Å². The average molecular weight is 1120 g/mol. The number of amides is 7. The van der Waals surface area contributed by atoms with Crippen molar-refractivity contribution in [1.82, 2.24) is 45.9 Å². The Morgan fingerprint density at radius 1 is 1.01 bits per heavy atom. The van der Waals surface area contributed by atoms with Gasteiger partial charge in [0.15, 0.2) is 5.41 Å². The van der Waals surface area contributed by atoms with Crippen LogP contribution in [0, 0.1) is 11.3 Å².